The van der Waals surface area contributed by atoms with Crippen LogP contribution in [0.25, 0.3) is 0 Å². The summed E-state index contributed by atoms with van der Waals surface area (Å²) in [6, 6.07) is 5.39. The SMILES string of the molecule is C[C@@H]1CN(C(=O)c2cc(Cl)ccc2I)C[C@H](C)O1. The molecule has 0 N–H and O–H groups in total. The smallest absolute Gasteiger partial charge is 0.255 e. The molecule has 1 heterocycles. The molecule has 0 saturated carbocycles. The largest absolute Gasteiger partial charge is 0.372 e. The Bertz CT molecular complexity index is 456. The minimum absolute atomic E-state index is 0.0314. The molecule has 1 amide bonds. The fourth-order valence-corrected chi connectivity index (χ4v) is 2.91. The first-order valence-electron chi connectivity index (χ1n) is 5.87. The van der Waals surface area contributed by atoms with Gasteiger partial charge in [-0.1, -0.05) is 11.6 Å². The minimum atomic E-state index is 0.0314. The van der Waals surface area contributed by atoms with Crippen LogP contribution in [0, 0.1) is 3.57 Å². The van der Waals surface area contributed by atoms with E-state index in [0.29, 0.717) is 23.7 Å². The molecular formula is C13H15ClINO2. The van der Waals surface area contributed by atoms with Crippen LogP contribution >= 0.6 is 34.2 Å². The van der Waals surface area contributed by atoms with E-state index in [1.807, 2.05) is 24.8 Å². The van der Waals surface area contributed by atoms with Crippen molar-refractivity contribution >= 4 is 40.1 Å². The van der Waals surface area contributed by atoms with E-state index in [1.54, 1.807) is 12.1 Å². The molecular weight excluding hydrogens is 365 g/mol. The molecule has 0 aromatic heterocycles. The maximum Gasteiger partial charge on any atom is 0.255 e. The van der Waals surface area contributed by atoms with E-state index in [-0.39, 0.29) is 18.1 Å². The van der Waals surface area contributed by atoms with Crippen LogP contribution in [-0.2, 0) is 4.74 Å². The van der Waals surface area contributed by atoms with Crippen LogP contribution in [0.5, 0.6) is 0 Å². The van der Waals surface area contributed by atoms with E-state index in [9.17, 15) is 4.79 Å². The Morgan fingerprint density at radius 2 is 2.00 bits per heavy atom. The Labute approximate surface area is 126 Å². The average Bonchev–Trinajstić information content (AvgIpc) is 2.30. The summed E-state index contributed by atoms with van der Waals surface area (Å²) in [6.45, 7) is 5.23. The lowest BCUT2D eigenvalue weighted by atomic mass is 10.1. The molecule has 3 nitrogen and oxygen atoms in total. The van der Waals surface area contributed by atoms with Gasteiger partial charge in [0, 0.05) is 21.7 Å². The van der Waals surface area contributed by atoms with E-state index in [2.05, 4.69) is 22.6 Å². The van der Waals surface area contributed by atoms with Crippen molar-refractivity contribution in [2.45, 2.75) is 26.1 Å². The molecule has 0 spiro atoms. The molecule has 2 rings (SSSR count). The van der Waals surface area contributed by atoms with Crippen LogP contribution < -0.4 is 0 Å². The predicted octanol–water partition coefficient (Wildman–Crippen LogP) is 3.19. The second-order valence-corrected chi connectivity index (χ2v) is 6.19. The van der Waals surface area contributed by atoms with Gasteiger partial charge in [0.1, 0.15) is 0 Å². The molecule has 0 bridgehead atoms. The number of benzene rings is 1. The summed E-state index contributed by atoms with van der Waals surface area (Å²) in [4.78, 5) is 14.3. The number of halogens is 2. The van der Waals surface area contributed by atoms with Crippen LogP contribution in [0.3, 0.4) is 0 Å². The Balaban J connectivity index is 2.22. The zero-order valence-electron chi connectivity index (χ0n) is 10.3. The van der Waals surface area contributed by atoms with Gasteiger partial charge in [-0.05, 0) is 54.6 Å². The number of ether oxygens (including phenoxy) is 1. The summed E-state index contributed by atoms with van der Waals surface area (Å²) >= 11 is 8.12. The second kappa shape index (κ2) is 5.75. The number of carbonyl (C=O) groups is 1. The van der Waals surface area contributed by atoms with Crippen molar-refractivity contribution in [3.63, 3.8) is 0 Å². The highest BCUT2D eigenvalue weighted by Gasteiger charge is 2.27. The summed E-state index contributed by atoms with van der Waals surface area (Å²) in [5.41, 5.74) is 0.671. The number of nitrogens with zero attached hydrogens (tertiary/aromatic N) is 1. The maximum atomic E-state index is 12.5. The third-order valence-corrected chi connectivity index (χ3v) is 4.04. The summed E-state index contributed by atoms with van der Waals surface area (Å²) in [5, 5.41) is 0.591. The normalized spacial score (nSPS) is 24.1. The summed E-state index contributed by atoms with van der Waals surface area (Å²) < 4.78 is 6.56. The van der Waals surface area contributed by atoms with Gasteiger partial charge >= 0.3 is 0 Å². The van der Waals surface area contributed by atoms with Crippen molar-refractivity contribution in [3.8, 4) is 0 Å². The van der Waals surface area contributed by atoms with Crippen LogP contribution in [-0.4, -0.2) is 36.1 Å². The third-order valence-electron chi connectivity index (χ3n) is 2.87. The number of morpholine rings is 1. The standard InChI is InChI=1S/C13H15ClINO2/c1-8-6-16(7-9(2)18-8)13(17)11-5-10(14)3-4-12(11)15/h3-5,8-9H,6-7H2,1-2H3/t8-,9+. The molecule has 1 aliphatic rings. The number of carbonyl (C=O) groups excluding carboxylic acids is 1. The fraction of sp³-hybridized carbons (Fsp3) is 0.462. The lowest BCUT2D eigenvalue weighted by Crippen LogP contribution is -2.48. The van der Waals surface area contributed by atoms with E-state index in [0.717, 1.165) is 3.57 Å². The predicted molar refractivity (Wildman–Crippen MR) is 80.1 cm³/mol. The first kappa shape index (κ1) is 14.1. The van der Waals surface area contributed by atoms with Crippen LogP contribution in [0.4, 0.5) is 0 Å². The maximum absolute atomic E-state index is 12.5. The second-order valence-electron chi connectivity index (χ2n) is 4.59. The van der Waals surface area contributed by atoms with Crippen molar-refractivity contribution in [2.75, 3.05) is 13.1 Å². The Hall–Kier alpha value is -0.330. The Morgan fingerprint density at radius 3 is 2.61 bits per heavy atom. The van der Waals surface area contributed by atoms with Gasteiger partial charge in [0.25, 0.3) is 5.91 Å². The first-order valence-corrected chi connectivity index (χ1v) is 7.33. The van der Waals surface area contributed by atoms with E-state index in [1.165, 1.54) is 0 Å². The molecule has 1 aliphatic heterocycles. The quantitative estimate of drug-likeness (QED) is 0.701. The van der Waals surface area contributed by atoms with Crippen LogP contribution in [0.15, 0.2) is 18.2 Å². The molecule has 1 aromatic rings. The van der Waals surface area contributed by atoms with Crippen molar-refractivity contribution < 1.29 is 9.53 Å². The van der Waals surface area contributed by atoms with E-state index < -0.39 is 0 Å². The first-order chi connectivity index (χ1) is 8.47. The minimum Gasteiger partial charge on any atom is -0.372 e. The molecule has 0 radical (unpaired) electrons. The van der Waals surface area contributed by atoms with E-state index in [4.69, 9.17) is 16.3 Å². The lowest BCUT2D eigenvalue weighted by Gasteiger charge is -2.35. The number of hydrogen-bond donors (Lipinski definition) is 0. The van der Waals surface area contributed by atoms with Gasteiger partial charge in [-0.3, -0.25) is 4.79 Å². The Morgan fingerprint density at radius 1 is 1.39 bits per heavy atom. The molecule has 98 valence electrons. The fourth-order valence-electron chi connectivity index (χ4n) is 2.18. The van der Waals surface area contributed by atoms with Gasteiger partial charge in [0.15, 0.2) is 0 Å². The molecule has 18 heavy (non-hydrogen) atoms. The van der Waals surface area contributed by atoms with Gasteiger partial charge in [0.2, 0.25) is 0 Å². The molecule has 2 atom stereocenters. The van der Waals surface area contributed by atoms with Crippen molar-refractivity contribution in [3.05, 3.63) is 32.4 Å². The van der Waals surface area contributed by atoms with Gasteiger partial charge in [-0.25, -0.2) is 0 Å². The molecule has 1 aromatic carbocycles. The molecule has 0 unspecified atom stereocenters. The zero-order valence-corrected chi connectivity index (χ0v) is 13.2. The van der Waals surface area contributed by atoms with E-state index >= 15 is 0 Å². The zero-order chi connectivity index (χ0) is 13.3. The number of amides is 1. The number of hydrogen-bond acceptors (Lipinski definition) is 2. The van der Waals surface area contributed by atoms with Gasteiger partial charge in [-0.2, -0.15) is 0 Å². The molecule has 5 heteroatoms. The Kier molecular flexibility index (Phi) is 4.50. The van der Waals surface area contributed by atoms with Gasteiger partial charge < -0.3 is 9.64 Å². The topological polar surface area (TPSA) is 29.5 Å². The summed E-state index contributed by atoms with van der Waals surface area (Å²) in [6.07, 6.45) is 0.157. The number of rotatable bonds is 1. The highest BCUT2D eigenvalue weighted by Crippen LogP contribution is 2.21. The summed E-state index contributed by atoms with van der Waals surface area (Å²) in [7, 11) is 0. The highest BCUT2D eigenvalue weighted by atomic mass is 127. The van der Waals surface area contributed by atoms with Crippen LogP contribution in [0.2, 0.25) is 5.02 Å². The van der Waals surface area contributed by atoms with Crippen LogP contribution in [0.1, 0.15) is 24.2 Å². The monoisotopic (exact) mass is 379 g/mol. The highest BCUT2D eigenvalue weighted by molar-refractivity contribution is 14.1. The third kappa shape index (κ3) is 3.16. The molecule has 1 fully saturated rings. The molecule has 0 aliphatic carbocycles. The van der Waals surface area contributed by atoms with Crippen molar-refractivity contribution in [2.24, 2.45) is 0 Å². The lowest BCUT2D eigenvalue weighted by molar-refractivity contribution is -0.0586. The summed E-state index contributed by atoms with van der Waals surface area (Å²) in [5.74, 6) is 0.0314. The van der Waals surface area contributed by atoms with Crippen molar-refractivity contribution in [1.29, 1.82) is 0 Å². The average molecular weight is 380 g/mol. The van der Waals surface area contributed by atoms with Crippen molar-refractivity contribution in [1.82, 2.24) is 4.90 Å². The van der Waals surface area contributed by atoms with Gasteiger partial charge in [0.05, 0.1) is 17.8 Å². The molecule has 1 saturated heterocycles. The van der Waals surface area contributed by atoms with Gasteiger partial charge in [-0.15, -0.1) is 0 Å².